The Kier molecular flexibility index (Phi) is 6.07. The lowest BCUT2D eigenvalue weighted by atomic mass is 9.96. The number of hydrogen-bond acceptors (Lipinski definition) is 3. The normalized spacial score (nSPS) is 17.6. The van der Waals surface area contributed by atoms with Gasteiger partial charge in [-0.1, -0.05) is 36.4 Å². The molecule has 1 aliphatic heterocycles. The second-order valence-corrected chi connectivity index (χ2v) is 8.98. The number of methoxy groups -OCH3 is 1. The highest BCUT2D eigenvalue weighted by Gasteiger charge is 2.42. The Bertz CT molecular complexity index is 1290. The summed E-state index contributed by atoms with van der Waals surface area (Å²) in [5.74, 6) is 0.820. The maximum atomic E-state index is 5.87. The second kappa shape index (κ2) is 9.31. The van der Waals surface area contributed by atoms with Gasteiger partial charge < -0.3 is 19.5 Å². The number of aromatic nitrogens is 2. The van der Waals surface area contributed by atoms with E-state index in [4.69, 9.17) is 17.0 Å². The molecule has 1 saturated heterocycles. The third-order valence-electron chi connectivity index (χ3n) is 6.56. The van der Waals surface area contributed by atoms with Crippen molar-refractivity contribution in [2.45, 2.75) is 32.5 Å². The van der Waals surface area contributed by atoms with Gasteiger partial charge in [-0.05, 0) is 79.7 Å². The minimum Gasteiger partial charge on any atom is -0.497 e. The molecule has 34 heavy (non-hydrogen) atoms. The van der Waals surface area contributed by atoms with Crippen LogP contribution in [0.1, 0.15) is 40.3 Å². The van der Waals surface area contributed by atoms with E-state index in [9.17, 15) is 0 Å². The van der Waals surface area contributed by atoms with Crippen molar-refractivity contribution < 1.29 is 4.74 Å². The van der Waals surface area contributed by atoms with Crippen LogP contribution in [0.4, 0.5) is 5.69 Å². The predicted octanol–water partition coefficient (Wildman–Crippen LogP) is 5.73. The second-order valence-electron chi connectivity index (χ2n) is 8.59. The lowest BCUT2D eigenvalue weighted by Gasteiger charge is -2.28. The molecule has 1 N–H and O–H groups in total. The summed E-state index contributed by atoms with van der Waals surface area (Å²) in [5.41, 5.74) is 6.98. The molecule has 5 rings (SSSR count). The molecule has 0 unspecified atom stereocenters. The van der Waals surface area contributed by atoms with E-state index in [0.29, 0.717) is 5.11 Å². The van der Waals surface area contributed by atoms with Gasteiger partial charge in [0.25, 0.3) is 0 Å². The summed E-state index contributed by atoms with van der Waals surface area (Å²) in [5, 5.41) is 4.25. The average Bonchev–Trinajstić information content (AvgIpc) is 3.36. The van der Waals surface area contributed by atoms with Gasteiger partial charge in [-0.15, -0.1) is 0 Å². The molecule has 2 atom stereocenters. The van der Waals surface area contributed by atoms with Gasteiger partial charge in [0.05, 0.1) is 24.9 Å². The van der Waals surface area contributed by atoms with Crippen LogP contribution in [0.2, 0.25) is 0 Å². The van der Waals surface area contributed by atoms with Crippen LogP contribution < -0.4 is 15.0 Å². The molecule has 0 saturated carbocycles. The van der Waals surface area contributed by atoms with E-state index in [1.807, 2.05) is 30.5 Å². The SMILES string of the molecule is COc1ccc(N2C(=S)N[C@@H](c3ccccn3)[C@@H]2c2cc(C)n(Cc3ccccc3)c2C)cc1. The van der Waals surface area contributed by atoms with Crippen LogP contribution in [0, 0.1) is 13.8 Å². The monoisotopic (exact) mass is 468 g/mol. The van der Waals surface area contributed by atoms with Gasteiger partial charge in [0.1, 0.15) is 5.75 Å². The zero-order chi connectivity index (χ0) is 23.7. The van der Waals surface area contributed by atoms with E-state index < -0.39 is 0 Å². The third-order valence-corrected chi connectivity index (χ3v) is 6.88. The molecule has 2 aromatic carbocycles. The van der Waals surface area contributed by atoms with Crippen LogP contribution >= 0.6 is 12.2 Å². The first-order valence-corrected chi connectivity index (χ1v) is 11.8. The molecule has 0 amide bonds. The Labute approximate surface area is 206 Å². The standard InChI is InChI=1S/C28H28N4OS/c1-19-17-24(20(2)31(19)18-21-9-5-4-6-10-21)27-26(25-11-7-8-16-29-25)30-28(34)32(27)22-12-14-23(33-3)15-13-22/h4-17,26-27H,18H2,1-3H3,(H,30,34)/t26-,27-/m0/s1. The van der Waals surface area contributed by atoms with E-state index in [1.165, 1.54) is 22.5 Å². The fourth-order valence-corrected chi connectivity index (χ4v) is 5.17. The van der Waals surface area contributed by atoms with Crippen LogP contribution in [-0.2, 0) is 6.54 Å². The molecule has 3 heterocycles. The Morgan fingerprint density at radius 1 is 0.971 bits per heavy atom. The number of benzene rings is 2. The van der Waals surface area contributed by atoms with Crippen LogP contribution in [0.25, 0.3) is 0 Å². The lowest BCUT2D eigenvalue weighted by Crippen LogP contribution is -2.29. The van der Waals surface area contributed by atoms with Gasteiger partial charge in [-0.3, -0.25) is 4.98 Å². The zero-order valence-electron chi connectivity index (χ0n) is 19.6. The molecule has 4 aromatic rings. The highest BCUT2D eigenvalue weighted by molar-refractivity contribution is 7.80. The minimum absolute atomic E-state index is 0.0356. The van der Waals surface area contributed by atoms with E-state index in [0.717, 1.165) is 23.7 Å². The molecule has 1 aliphatic rings. The quantitative estimate of drug-likeness (QED) is 0.366. The molecule has 0 spiro atoms. The van der Waals surface area contributed by atoms with Gasteiger partial charge >= 0.3 is 0 Å². The Morgan fingerprint density at radius 2 is 1.71 bits per heavy atom. The predicted molar refractivity (Wildman–Crippen MR) is 140 cm³/mol. The van der Waals surface area contributed by atoms with Gasteiger partial charge in [-0.2, -0.15) is 0 Å². The summed E-state index contributed by atoms with van der Waals surface area (Å²) in [6.07, 6.45) is 1.84. The van der Waals surface area contributed by atoms with Crippen molar-refractivity contribution in [2.24, 2.45) is 0 Å². The maximum Gasteiger partial charge on any atom is 0.174 e. The topological polar surface area (TPSA) is 42.3 Å². The molecule has 1 fully saturated rings. The summed E-state index contributed by atoms with van der Waals surface area (Å²) in [4.78, 5) is 6.89. The molecule has 6 heteroatoms. The van der Waals surface area contributed by atoms with Gasteiger partial charge in [0, 0.05) is 29.8 Å². The number of aryl methyl sites for hydroxylation is 1. The number of anilines is 1. The lowest BCUT2D eigenvalue weighted by molar-refractivity contribution is 0.415. The number of nitrogens with zero attached hydrogens (tertiary/aromatic N) is 3. The highest BCUT2D eigenvalue weighted by atomic mass is 32.1. The third kappa shape index (κ3) is 4.05. The molecule has 0 bridgehead atoms. The Hall–Kier alpha value is -3.64. The van der Waals surface area contributed by atoms with E-state index in [-0.39, 0.29) is 12.1 Å². The minimum atomic E-state index is -0.0681. The van der Waals surface area contributed by atoms with Gasteiger partial charge in [0.2, 0.25) is 0 Å². The summed E-state index contributed by atoms with van der Waals surface area (Å²) in [6.45, 7) is 5.21. The van der Waals surface area contributed by atoms with Gasteiger partial charge in [0.15, 0.2) is 5.11 Å². The fraction of sp³-hybridized carbons (Fsp3) is 0.214. The van der Waals surface area contributed by atoms with Crippen molar-refractivity contribution in [3.8, 4) is 5.75 Å². The largest absolute Gasteiger partial charge is 0.497 e. The fourth-order valence-electron chi connectivity index (χ4n) is 4.83. The Morgan fingerprint density at radius 3 is 2.38 bits per heavy atom. The highest BCUT2D eigenvalue weighted by Crippen LogP contribution is 2.43. The molecule has 172 valence electrons. The molecule has 2 aromatic heterocycles. The molecular weight excluding hydrogens is 440 g/mol. The van der Waals surface area contributed by atoms with Crippen LogP contribution in [0.3, 0.4) is 0 Å². The number of thiocarbonyl (C=S) groups is 1. The number of hydrogen-bond donors (Lipinski definition) is 1. The van der Waals surface area contributed by atoms with Gasteiger partial charge in [-0.25, -0.2) is 0 Å². The first-order valence-electron chi connectivity index (χ1n) is 11.4. The molecule has 0 aliphatic carbocycles. The number of rotatable bonds is 6. The first kappa shape index (κ1) is 22.2. The Balaban J connectivity index is 1.61. The van der Waals surface area contributed by atoms with Crippen molar-refractivity contribution >= 4 is 23.0 Å². The molecule has 0 radical (unpaired) electrons. The smallest absolute Gasteiger partial charge is 0.174 e. The summed E-state index contributed by atoms with van der Waals surface area (Å²) < 4.78 is 7.76. The summed E-state index contributed by atoms with van der Waals surface area (Å²) in [6, 6.07) is 26.9. The van der Waals surface area contributed by atoms with E-state index >= 15 is 0 Å². The van der Waals surface area contributed by atoms with Crippen LogP contribution in [-0.4, -0.2) is 21.8 Å². The van der Waals surface area contributed by atoms with Crippen LogP contribution in [0.15, 0.2) is 85.1 Å². The summed E-state index contributed by atoms with van der Waals surface area (Å²) in [7, 11) is 1.68. The number of nitrogens with one attached hydrogen (secondary N) is 1. The van der Waals surface area contributed by atoms with Crippen molar-refractivity contribution in [3.63, 3.8) is 0 Å². The zero-order valence-corrected chi connectivity index (χ0v) is 20.4. The molecule has 5 nitrogen and oxygen atoms in total. The van der Waals surface area contributed by atoms with Crippen molar-refractivity contribution in [2.75, 3.05) is 12.0 Å². The number of pyridine rings is 1. The van der Waals surface area contributed by atoms with Crippen molar-refractivity contribution in [1.82, 2.24) is 14.9 Å². The maximum absolute atomic E-state index is 5.87. The van der Waals surface area contributed by atoms with Crippen molar-refractivity contribution in [3.05, 3.63) is 113 Å². The average molecular weight is 469 g/mol. The first-order chi connectivity index (χ1) is 16.6. The van der Waals surface area contributed by atoms with Crippen molar-refractivity contribution in [1.29, 1.82) is 0 Å². The van der Waals surface area contributed by atoms with E-state index in [1.54, 1.807) is 7.11 Å². The number of ether oxygens (including phenoxy) is 1. The molecular formula is C28H28N4OS. The summed E-state index contributed by atoms with van der Waals surface area (Å²) >= 11 is 5.87. The van der Waals surface area contributed by atoms with Crippen LogP contribution in [0.5, 0.6) is 5.75 Å². The van der Waals surface area contributed by atoms with E-state index in [2.05, 4.69) is 88.2 Å².